The molecule has 0 heterocycles. The Morgan fingerprint density at radius 1 is 1.17 bits per heavy atom. The van der Waals surface area contributed by atoms with E-state index in [-0.39, 0.29) is 15.0 Å². The van der Waals surface area contributed by atoms with E-state index in [4.69, 9.17) is 0 Å². The van der Waals surface area contributed by atoms with Crippen molar-refractivity contribution in [2.75, 3.05) is 13.2 Å². The van der Waals surface area contributed by atoms with Crippen LogP contribution in [0.25, 0.3) is 0 Å². The molecule has 0 aromatic carbocycles. The zero-order chi connectivity index (χ0) is 9.99. The molecule has 0 aromatic rings. The fourth-order valence-corrected chi connectivity index (χ4v) is 1.99. The quantitative estimate of drug-likeness (QED) is 0.339. The van der Waals surface area contributed by atoms with Crippen molar-refractivity contribution in [1.29, 1.82) is 0 Å². The first-order valence-corrected chi connectivity index (χ1v) is 5.15. The summed E-state index contributed by atoms with van der Waals surface area (Å²) in [5.41, 5.74) is -3.98. The van der Waals surface area contributed by atoms with Crippen LogP contribution in [0, 0.1) is 0 Å². The smallest absolute Gasteiger partial charge is 0.268 e. The molecule has 0 amide bonds. The third-order valence-electron chi connectivity index (χ3n) is 1.43. The molecule has 0 saturated heterocycles. The fourth-order valence-electron chi connectivity index (χ4n) is 0.602. The van der Waals surface area contributed by atoms with Crippen LogP contribution < -0.4 is 0 Å². The molecule has 12 heavy (non-hydrogen) atoms. The molecule has 0 N–H and O–H groups in total. The fraction of sp³-hybridized carbons (Fsp3) is 1.00. The van der Waals surface area contributed by atoms with Crippen LogP contribution in [0.5, 0.6) is 0 Å². The Kier molecular flexibility index (Phi) is 3.85. The standard InChI is InChI=1S/C4H10F5NSi2/c5-1-2-10(12)3(6,7)4(8,9)11/h1-2H2,11-12H3. The highest BCUT2D eigenvalue weighted by Gasteiger charge is 2.54. The lowest BCUT2D eigenvalue weighted by Crippen LogP contribution is -2.54. The van der Waals surface area contributed by atoms with Gasteiger partial charge in [-0.15, -0.1) is 0 Å². The molecule has 0 bridgehead atoms. The van der Waals surface area contributed by atoms with Gasteiger partial charge in [0.25, 0.3) is 5.55 Å². The first-order chi connectivity index (χ1) is 5.23. The Labute approximate surface area is 72.8 Å². The van der Waals surface area contributed by atoms with E-state index in [1.165, 1.54) is 0 Å². The van der Waals surface area contributed by atoms with Crippen LogP contribution in [0.1, 0.15) is 0 Å². The van der Waals surface area contributed by atoms with Gasteiger partial charge in [-0.3, -0.25) is 4.57 Å². The number of hydrogen-bond donors (Lipinski definition) is 0. The summed E-state index contributed by atoms with van der Waals surface area (Å²) < 4.78 is 61.4. The minimum absolute atomic E-state index is 0.167. The van der Waals surface area contributed by atoms with Gasteiger partial charge in [-0.05, 0) is 0 Å². The summed E-state index contributed by atoms with van der Waals surface area (Å²) in [5.74, 6) is 0. The van der Waals surface area contributed by atoms with Crippen LogP contribution in [0.3, 0.4) is 0 Å². The van der Waals surface area contributed by atoms with Gasteiger partial charge in [0.2, 0.25) is 0 Å². The molecule has 0 aliphatic rings. The Bertz CT molecular complexity index is 147. The molecule has 0 radical (unpaired) electrons. The summed E-state index contributed by atoms with van der Waals surface area (Å²) in [4.78, 5) is 0. The molecular formula is C4H10F5NSi2. The van der Waals surface area contributed by atoms with Crippen molar-refractivity contribution >= 4 is 20.6 Å². The van der Waals surface area contributed by atoms with Crippen molar-refractivity contribution in [2.45, 2.75) is 11.6 Å². The van der Waals surface area contributed by atoms with Crippen molar-refractivity contribution < 1.29 is 22.0 Å². The molecule has 1 nitrogen and oxygen atoms in total. The number of halogens is 5. The Morgan fingerprint density at radius 2 is 1.58 bits per heavy atom. The molecule has 0 unspecified atom stereocenters. The maximum atomic E-state index is 12.6. The van der Waals surface area contributed by atoms with Gasteiger partial charge in [0.05, 0.1) is 10.4 Å². The number of hydrogen-bond acceptors (Lipinski definition) is 1. The van der Waals surface area contributed by atoms with Gasteiger partial charge in [-0.1, -0.05) is 0 Å². The highest BCUT2D eigenvalue weighted by atomic mass is 28.2. The zero-order valence-electron chi connectivity index (χ0n) is 6.75. The highest BCUT2D eigenvalue weighted by Crippen LogP contribution is 2.33. The average Bonchev–Trinajstić information content (AvgIpc) is 1.85. The maximum Gasteiger partial charge on any atom is 0.356 e. The summed E-state index contributed by atoms with van der Waals surface area (Å²) in [5, 5.41) is 0. The molecule has 0 atom stereocenters. The summed E-state index contributed by atoms with van der Waals surface area (Å²) in [7, 11) is -1.21. The third kappa shape index (κ3) is 2.52. The summed E-state index contributed by atoms with van der Waals surface area (Å²) in [6.07, 6.45) is 0. The highest BCUT2D eigenvalue weighted by molar-refractivity contribution is 6.14. The predicted molar refractivity (Wildman–Crippen MR) is 42.5 cm³/mol. The van der Waals surface area contributed by atoms with Gasteiger partial charge in [0.15, 0.2) is 0 Å². The molecule has 0 aliphatic heterocycles. The van der Waals surface area contributed by atoms with E-state index in [2.05, 4.69) is 0 Å². The lowest BCUT2D eigenvalue weighted by Gasteiger charge is -2.31. The van der Waals surface area contributed by atoms with Crippen molar-refractivity contribution in [3.8, 4) is 0 Å². The van der Waals surface area contributed by atoms with Gasteiger partial charge >= 0.3 is 6.05 Å². The van der Waals surface area contributed by atoms with Crippen LogP contribution in [0.4, 0.5) is 22.0 Å². The first-order valence-electron chi connectivity index (χ1n) is 3.26. The molecule has 0 aromatic heterocycles. The van der Waals surface area contributed by atoms with Gasteiger partial charge in [-0.25, -0.2) is 13.2 Å². The van der Waals surface area contributed by atoms with E-state index in [1.54, 1.807) is 0 Å². The van der Waals surface area contributed by atoms with Crippen molar-refractivity contribution in [3.05, 3.63) is 0 Å². The Morgan fingerprint density at radius 3 is 1.83 bits per heavy atom. The molecule has 0 rings (SSSR count). The second-order valence-electron chi connectivity index (χ2n) is 2.54. The maximum absolute atomic E-state index is 12.6. The van der Waals surface area contributed by atoms with Crippen LogP contribution >= 0.6 is 0 Å². The molecule has 0 saturated carbocycles. The van der Waals surface area contributed by atoms with Crippen molar-refractivity contribution in [3.63, 3.8) is 0 Å². The van der Waals surface area contributed by atoms with E-state index in [9.17, 15) is 22.0 Å². The normalized spacial score (nSPS) is 14.5. The van der Waals surface area contributed by atoms with Crippen LogP contribution in [0.2, 0.25) is 0 Å². The van der Waals surface area contributed by atoms with E-state index < -0.39 is 35.1 Å². The van der Waals surface area contributed by atoms with Crippen molar-refractivity contribution in [1.82, 2.24) is 4.57 Å². The molecule has 8 heteroatoms. The minimum Gasteiger partial charge on any atom is -0.268 e. The SMILES string of the molecule is FCCN([SiH3])C(F)(F)C(F)(F)[SiH3]. The molecule has 0 aliphatic carbocycles. The molecular weight excluding hydrogens is 213 g/mol. The largest absolute Gasteiger partial charge is 0.356 e. The van der Waals surface area contributed by atoms with Crippen molar-refractivity contribution in [2.24, 2.45) is 0 Å². The molecule has 0 spiro atoms. The lowest BCUT2D eigenvalue weighted by atomic mass is 10.5. The summed E-state index contributed by atoms with van der Waals surface area (Å²) in [6.45, 7) is -1.66. The van der Waals surface area contributed by atoms with E-state index in [1.807, 2.05) is 0 Å². The number of alkyl halides is 5. The van der Waals surface area contributed by atoms with E-state index in [0.717, 1.165) is 0 Å². The Hall–Kier alpha value is 0.0438. The molecule has 0 fully saturated rings. The minimum atomic E-state index is -4.17. The van der Waals surface area contributed by atoms with Gasteiger partial charge in [-0.2, -0.15) is 8.78 Å². The summed E-state index contributed by atoms with van der Waals surface area (Å²) in [6, 6.07) is -4.17. The Balaban J connectivity index is 4.38. The average molecular weight is 223 g/mol. The van der Waals surface area contributed by atoms with E-state index >= 15 is 0 Å². The topological polar surface area (TPSA) is 3.24 Å². The first kappa shape index (κ1) is 12.0. The zero-order valence-corrected chi connectivity index (χ0v) is 10.8. The second kappa shape index (κ2) is 3.84. The van der Waals surface area contributed by atoms with Crippen LogP contribution in [-0.2, 0) is 0 Å². The third-order valence-corrected chi connectivity index (χ3v) is 3.04. The van der Waals surface area contributed by atoms with E-state index in [0.29, 0.717) is 0 Å². The lowest BCUT2D eigenvalue weighted by molar-refractivity contribution is -0.220. The molecule has 74 valence electrons. The van der Waals surface area contributed by atoms with Gasteiger partial charge in [0.1, 0.15) is 16.9 Å². The monoisotopic (exact) mass is 223 g/mol. The second-order valence-corrected chi connectivity index (χ2v) is 4.88. The number of rotatable bonds is 4. The summed E-state index contributed by atoms with van der Waals surface area (Å²) >= 11 is 0. The van der Waals surface area contributed by atoms with Gasteiger partial charge < -0.3 is 0 Å². The van der Waals surface area contributed by atoms with Gasteiger partial charge in [0, 0.05) is 6.54 Å². The number of nitrogens with zero attached hydrogens (tertiary/aromatic N) is 1. The van der Waals surface area contributed by atoms with Crippen LogP contribution in [0.15, 0.2) is 0 Å². The predicted octanol–water partition coefficient (Wildman–Crippen LogP) is -0.911. The van der Waals surface area contributed by atoms with Crippen LogP contribution in [-0.4, -0.2) is 50.0 Å².